The zero-order valence-electron chi connectivity index (χ0n) is 16.5. The van der Waals surface area contributed by atoms with Crippen LogP contribution in [0.15, 0.2) is 0 Å². The molecule has 1 N–H and O–H groups in total. The van der Waals surface area contributed by atoms with Crippen LogP contribution < -0.4 is 5.32 Å². The number of halogens is 1. The number of rotatable bonds is 4. The van der Waals surface area contributed by atoms with E-state index in [4.69, 9.17) is 0 Å². The molecule has 152 valence electrons. The molecule has 0 radical (unpaired) electrons. The van der Waals surface area contributed by atoms with Gasteiger partial charge >= 0.3 is 0 Å². The summed E-state index contributed by atoms with van der Waals surface area (Å²) in [4.78, 5) is 14.9. The Hall–Kier alpha value is -1.14. The molecule has 27 heavy (non-hydrogen) atoms. The molecule has 6 nitrogen and oxygen atoms in total. The van der Waals surface area contributed by atoms with Crippen molar-refractivity contribution in [2.24, 2.45) is 11.8 Å². The highest BCUT2D eigenvalue weighted by Gasteiger charge is 2.30. The van der Waals surface area contributed by atoms with E-state index in [2.05, 4.69) is 31.9 Å². The Labute approximate surface area is 168 Å². The second kappa shape index (κ2) is 9.37. The Balaban J connectivity index is 0.00000210. The number of carbonyl (C=O) groups is 1. The van der Waals surface area contributed by atoms with Crippen LogP contribution in [0, 0.1) is 11.8 Å². The Kier molecular flexibility index (Phi) is 7.15. The minimum Gasteiger partial charge on any atom is -0.343 e. The Morgan fingerprint density at radius 3 is 2.59 bits per heavy atom. The van der Waals surface area contributed by atoms with Crippen LogP contribution >= 0.6 is 12.4 Å². The lowest BCUT2D eigenvalue weighted by molar-refractivity contribution is -0.133. The van der Waals surface area contributed by atoms with Gasteiger partial charge in [-0.3, -0.25) is 4.79 Å². The summed E-state index contributed by atoms with van der Waals surface area (Å²) in [5.41, 5.74) is 0. The van der Waals surface area contributed by atoms with E-state index >= 15 is 0 Å². The highest BCUT2D eigenvalue weighted by Crippen LogP contribution is 2.33. The summed E-state index contributed by atoms with van der Waals surface area (Å²) in [7, 11) is 0. The Morgan fingerprint density at radius 2 is 1.85 bits per heavy atom. The third kappa shape index (κ3) is 4.65. The van der Waals surface area contributed by atoms with Gasteiger partial charge in [0, 0.05) is 38.5 Å². The molecular weight excluding hydrogens is 362 g/mol. The SMILES string of the molecule is CC(CC(=O)N1CCC(c2nnc3n2CCNC3)CC1)C1CCCCC1.Cl. The van der Waals surface area contributed by atoms with Crippen molar-refractivity contribution in [3.63, 3.8) is 0 Å². The maximum atomic E-state index is 12.8. The Bertz CT molecular complexity index is 620. The minimum atomic E-state index is 0. The first-order valence-corrected chi connectivity index (χ1v) is 10.6. The van der Waals surface area contributed by atoms with Gasteiger partial charge in [-0.1, -0.05) is 39.0 Å². The molecule has 2 fully saturated rings. The number of nitrogens with zero attached hydrogens (tertiary/aromatic N) is 4. The van der Waals surface area contributed by atoms with Crippen molar-refractivity contribution in [3.05, 3.63) is 11.6 Å². The zero-order chi connectivity index (χ0) is 17.9. The van der Waals surface area contributed by atoms with Gasteiger partial charge in [0.15, 0.2) is 0 Å². The Morgan fingerprint density at radius 1 is 1.11 bits per heavy atom. The average molecular weight is 396 g/mol. The number of nitrogens with one attached hydrogen (secondary N) is 1. The molecule has 1 saturated carbocycles. The molecule has 1 aromatic rings. The molecule has 1 saturated heterocycles. The number of hydrogen-bond acceptors (Lipinski definition) is 4. The van der Waals surface area contributed by atoms with Gasteiger partial charge in [0.1, 0.15) is 11.6 Å². The molecule has 1 amide bonds. The molecule has 7 heteroatoms. The van der Waals surface area contributed by atoms with Crippen molar-refractivity contribution in [2.75, 3.05) is 19.6 Å². The first kappa shape index (κ1) is 20.6. The topological polar surface area (TPSA) is 63.1 Å². The lowest BCUT2D eigenvalue weighted by Crippen LogP contribution is -2.40. The van der Waals surface area contributed by atoms with Crippen LogP contribution in [0.5, 0.6) is 0 Å². The van der Waals surface area contributed by atoms with E-state index in [0.717, 1.165) is 69.6 Å². The molecule has 0 spiro atoms. The van der Waals surface area contributed by atoms with Crippen LogP contribution in [0.2, 0.25) is 0 Å². The van der Waals surface area contributed by atoms with Crippen LogP contribution in [-0.4, -0.2) is 45.2 Å². The molecule has 0 bridgehead atoms. The second-order valence-electron chi connectivity index (χ2n) is 8.54. The zero-order valence-corrected chi connectivity index (χ0v) is 17.3. The maximum absolute atomic E-state index is 12.8. The normalized spacial score (nSPS) is 22.8. The number of aromatic nitrogens is 3. The van der Waals surface area contributed by atoms with E-state index < -0.39 is 0 Å². The number of hydrogen-bond donors (Lipinski definition) is 1. The molecule has 3 aliphatic rings. The molecule has 1 aliphatic carbocycles. The van der Waals surface area contributed by atoms with E-state index in [1.54, 1.807) is 0 Å². The van der Waals surface area contributed by atoms with Gasteiger partial charge in [-0.05, 0) is 24.7 Å². The van der Waals surface area contributed by atoms with Crippen molar-refractivity contribution in [2.45, 2.75) is 77.3 Å². The number of fused-ring (bicyclic) bond motifs is 1. The lowest BCUT2D eigenvalue weighted by Gasteiger charge is -2.34. The standard InChI is InChI=1S/C20H33N5O.ClH/c1-15(16-5-3-2-4-6-16)13-19(26)24-10-7-17(8-11-24)20-23-22-18-14-21-9-12-25(18)20;/h15-17,21H,2-14H2,1H3;1H. The van der Waals surface area contributed by atoms with Gasteiger partial charge in [-0.15, -0.1) is 22.6 Å². The molecule has 1 atom stereocenters. The van der Waals surface area contributed by atoms with E-state index in [1.165, 1.54) is 32.1 Å². The molecular formula is C20H34ClN5O. The monoisotopic (exact) mass is 395 g/mol. The van der Waals surface area contributed by atoms with E-state index in [-0.39, 0.29) is 12.4 Å². The molecule has 4 rings (SSSR count). The average Bonchev–Trinajstić information content (AvgIpc) is 3.13. The summed E-state index contributed by atoms with van der Waals surface area (Å²) in [6, 6.07) is 0. The second-order valence-corrected chi connectivity index (χ2v) is 8.54. The van der Waals surface area contributed by atoms with Gasteiger partial charge in [-0.2, -0.15) is 0 Å². The largest absolute Gasteiger partial charge is 0.343 e. The quantitative estimate of drug-likeness (QED) is 0.850. The summed E-state index contributed by atoms with van der Waals surface area (Å²) in [6.07, 6.45) is 9.52. The first-order valence-electron chi connectivity index (χ1n) is 10.6. The summed E-state index contributed by atoms with van der Waals surface area (Å²) in [5.74, 6) is 4.33. The van der Waals surface area contributed by atoms with Gasteiger partial charge < -0.3 is 14.8 Å². The molecule has 3 heterocycles. The van der Waals surface area contributed by atoms with Gasteiger partial charge in [0.05, 0.1) is 6.54 Å². The number of carbonyl (C=O) groups excluding carboxylic acids is 1. The maximum Gasteiger partial charge on any atom is 0.222 e. The number of likely N-dealkylation sites (tertiary alicyclic amines) is 1. The van der Waals surface area contributed by atoms with Crippen molar-refractivity contribution in [3.8, 4) is 0 Å². The van der Waals surface area contributed by atoms with Crippen LogP contribution in [0.4, 0.5) is 0 Å². The molecule has 1 unspecified atom stereocenters. The first-order chi connectivity index (χ1) is 12.7. The van der Waals surface area contributed by atoms with Crippen molar-refractivity contribution < 1.29 is 4.79 Å². The van der Waals surface area contributed by atoms with Gasteiger partial charge in [0.25, 0.3) is 0 Å². The van der Waals surface area contributed by atoms with Gasteiger partial charge in [-0.25, -0.2) is 0 Å². The lowest BCUT2D eigenvalue weighted by atomic mass is 9.79. The van der Waals surface area contributed by atoms with Crippen molar-refractivity contribution in [1.29, 1.82) is 0 Å². The van der Waals surface area contributed by atoms with E-state index in [1.807, 2.05) is 0 Å². The van der Waals surface area contributed by atoms with Crippen LogP contribution in [0.3, 0.4) is 0 Å². The molecule has 1 aromatic heterocycles. The fourth-order valence-corrected chi connectivity index (χ4v) is 5.08. The summed E-state index contributed by atoms with van der Waals surface area (Å²) in [5, 5.41) is 12.2. The predicted octanol–water partition coefficient (Wildman–Crippen LogP) is 3.12. The number of amides is 1. The minimum absolute atomic E-state index is 0. The van der Waals surface area contributed by atoms with E-state index in [0.29, 0.717) is 17.7 Å². The van der Waals surface area contributed by atoms with Crippen LogP contribution in [0.25, 0.3) is 0 Å². The van der Waals surface area contributed by atoms with Crippen molar-refractivity contribution in [1.82, 2.24) is 25.0 Å². The van der Waals surface area contributed by atoms with E-state index in [9.17, 15) is 4.79 Å². The van der Waals surface area contributed by atoms with Crippen molar-refractivity contribution >= 4 is 18.3 Å². The third-order valence-electron chi connectivity index (χ3n) is 6.82. The van der Waals surface area contributed by atoms with Gasteiger partial charge in [0.2, 0.25) is 5.91 Å². The highest BCUT2D eigenvalue weighted by atomic mass is 35.5. The molecule has 2 aliphatic heterocycles. The summed E-state index contributed by atoms with van der Waals surface area (Å²) >= 11 is 0. The smallest absolute Gasteiger partial charge is 0.222 e. The number of piperidine rings is 1. The fraction of sp³-hybridized carbons (Fsp3) is 0.850. The van der Waals surface area contributed by atoms with Crippen LogP contribution in [0.1, 0.15) is 75.9 Å². The molecule has 0 aromatic carbocycles. The summed E-state index contributed by atoms with van der Waals surface area (Å²) < 4.78 is 2.30. The highest BCUT2D eigenvalue weighted by molar-refractivity contribution is 5.85. The fourth-order valence-electron chi connectivity index (χ4n) is 5.08. The summed E-state index contributed by atoms with van der Waals surface area (Å²) in [6.45, 7) is 6.83. The third-order valence-corrected chi connectivity index (χ3v) is 6.82. The predicted molar refractivity (Wildman–Crippen MR) is 108 cm³/mol. The van der Waals surface area contributed by atoms with Crippen LogP contribution in [-0.2, 0) is 17.9 Å².